The molecule has 2 aromatic carbocycles. The number of nitrogens with zero attached hydrogens (tertiary/aromatic N) is 1. The summed E-state index contributed by atoms with van der Waals surface area (Å²) in [6.07, 6.45) is -0.466. The van der Waals surface area contributed by atoms with E-state index in [1.807, 2.05) is 43.3 Å². The van der Waals surface area contributed by atoms with Crippen molar-refractivity contribution in [2.45, 2.75) is 19.4 Å². The Labute approximate surface area is 147 Å². The molecular weight excluding hydrogens is 318 g/mol. The summed E-state index contributed by atoms with van der Waals surface area (Å²) in [4.78, 5) is 25.3. The molecule has 132 valence electrons. The van der Waals surface area contributed by atoms with E-state index in [0.717, 1.165) is 11.1 Å². The molecular formula is C20H23NO4. The van der Waals surface area contributed by atoms with E-state index in [1.165, 1.54) is 4.90 Å². The second-order valence-electron chi connectivity index (χ2n) is 5.95. The second-order valence-corrected chi connectivity index (χ2v) is 5.95. The van der Waals surface area contributed by atoms with E-state index in [2.05, 4.69) is 0 Å². The quantitative estimate of drug-likeness (QED) is 0.758. The smallest absolute Gasteiger partial charge is 0.253 e. The van der Waals surface area contributed by atoms with Gasteiger partial charge in [-0.05, 0) is 23.3 Å². The number of ketones is 1. The zero-order valence-corrected chi connectivity index (χ0v) is 14.5. The Kier molecular flexibility index (Phi) is 6.44. The van der Waals surface area contributed by atoms with Crippen molar-refractivity contribution in [1.29, 1.82) is 0 Å². The van der Waals surface area contributed by atoms with Gasteiger partial charge in [0.1, 0.15) is 0 Å². The summed E-state index contributed by atoms with van der Waals surface area (Å²) < 4.78 is 0. The number of aliphatic hydroxyl groups excluding tert-OH is 2. The van der Waals surface area contributed by atoms with Gasteiger partial charge in [0, 0.05) is 31.1 Å². The number of rotatable bonds is 7. The van der Waals surface area contributed by atoms with Crippen molar-refractivity contribution in [1.82, 2.24) is 4.90 Å². The molecule has 0 heterocycles. The maximum atomic E-state index is 12.3. The number of hydrogen-bond donors (Lipinski definition) is 2. The van der Waals surface area contributed by atoms with Crippen LogP contribution in [0.5, 0.6) is 0 Å². The lowest BCUT2D eigenvalue weighted by molar-refractivity contribution is 0.0520. The summed E-state index contributed by atoms with van der Waals surface area (Å²) in [5.74, 6) is -0.108. The van der Waals surface area contributed by atoms with Crippen LogP contribution in [0.4, 0.5) is 0 Å². The van der Waals surface area contributed by atoms with Crippen molar-refractivity contribution in [2.75, 3.05) is 20.2 Å². The number of carbonyl (C=O) groups is 2. The van der Waals surface area contributed by atoms with E-state index in [0.29, 0.717) is 17.5 Å². The molecule has 0 spiro atoms. The Morgan fingerprint density at radius 1 is 0.960 bits per heavy atom. The molecule has 0 aliphatic carbocycles. The Morgan fingerprint density at radius 3 is 1.88 bits per heavy atom. The van der Waals surface area contributed by atoms with E-state index in [1.54, 1.807) is 19.2 Å². The highest BCUT2D eigenvalue weighted by molar-refractivity contribution is 5.96. The highest BCUT2D eigenvalue weighted by atomic mass is 16.3. The van der Waals surface area contributed by atoms with Gasteiger partial charge in [-0.25, -0.2) is 0 Å². The van der Waals surface area contributed by atoms with Gasteiger partial charge in [-0.2, -0.15) is 0 Å². The number of aliphatic hydroxyl groups is 2. The van der Waals surface area contributed by atoms with Crippen molar-refractivity contribution >= 4 is 11.7 Å². The maximum absolute atomic E-state index is 12.3. The summed E-state index contributed by atoms with van der Waals surface area (Å²) >= 11 is 0. The predicted molar refractivity (Wildman–Crippen MR) is 96.6 cm³/mol. The molecule has 2 rings (SSSR count). The van der Waals surface area contributed by atoms with Gasteiger partial charge < -0.3 is 15.1 Å². The molecule has 2 aromatic rings. The Hall–Kier alpha value is -2.50. The van der Waals surface area contributed by atoms with Gasteiger partial charge in [-0.15, -0.1) is 0 Å². The molecule has 0 radical (unpaired) electrons. The first-order valence-corrected chi connectivity index (χ1v) is 8.24. The minimum absolute atomic E-state index is 0.0734. The summed E-state index contributed by atoms with van der Waals surface area (Å²) in [6, 6.07) is 14.6. The first kappa shape index (κ1) is 18.8. The summed E-state index contributed by atoms with van der Waals surface area (Å²) in [5, 5.41) is 18.3. The monoisotopic (exact) mass is 341 g/mol. The molecule has 2 N–H and O–H groups in total. The Bertz CT molecular complexity index is 722. The van der Waals surface area contributed by atoms with Gasteiger partial charge in [-0.1, -0.05) is 43.3 Å². The van der Waals surface area contributed by atoms with Crippen molar-refractivity contribution in [3.63, 3.8) is 0 Å². The fourth-order valence-corrected chi connectivity index (χ4v) is 2.54. The first-order valence-electron chi connectivity index (χ1n) is 8.24. The van der Waals surface area contributed by atoms with Crippen LogP contribution in [-0.2, 0) is 0 Å². The molecule has 1 atom stereocenters. The maximum Gasteiger partial charge on any atom is 0.253 e. The standard InChI is InChI=1S/C20H23NO4/c1-3-19(24)16-8-4-14(5-9-16)15-6-10-17(11-7-15)20(25)21(2)12-18(23)13-22/h4-11,18,22-23H,3,12-13H2,1-2H3. The van der Waals surface area contributed by atoms with Crippen molar-refractivity contribution < 1.29 is 19.8 Å². The van der Waals surface area contributed by atoms with Crippen molar-refractivity contribution in [2.24, 2.45) is 0 Å². The number of carbonyl (C=O) groups excluding carboxylic acids is 2. The molecule has 0 aliphatic rings. The van der Waals surface area contributed by atoms with Crippen LogP contribution < -0.4 is 0 Å². The molecule has 0 saturated heterocycles. The predicted octanol–water partition coefficient (Wildman–Crippen LogP) is 2.37. The number of likely N-dealkylation sites (N-methyl/N-ethyl adjacent to an activating group) is 1. The van der Waals surface area contributed by atoms with Crippen molar-refractivity contribution in [3.8, 4) is 11.1 Å². The lowest BCUT2D eigenvalue weighted by Crippen LogP contribution is -2.35. The molecule has 1 unspecified atom stereocenters. The van der Waals surface area contributed by atoms with E-state index in [4.69, 9.17) is 5.11 Å². The first-order chi connectivity index (χ1) is 12.0. The van der Waals surface area contributed by atoms with Crippen LogP contribution >= 0.6 is 0 Å². The van der Waals surface area contributed by atoms with Gasteiger partial charge in [0.2, 0.25) is 0 Å². The lowest BCUT2D eigenvalue weighted by atomic mass is 10.0. The van der Waals surface area contributed by atoms with Gasteiger partial charge in [0.15, 0.2) is 5.78 Å². The zero-order chi connectivity index (χ0) is 18.4. The van der Waals surface area contributed by atoms with Gasteiger partial charge >= 0.3 is 0 Å². The van der Waals surface area contributed by atoms with Gasteiger partial charge in [-0.3, -0.25) is 9.59 Å². The number of amides is 1. The van der Waals surface area contributed by atoms with Crippen LogP contribution in [0.3, 0.4) is 0 Å². The van der Waals surface area contributed by atoms with E-state index < -0.39 is 6.10 Å². The second kappa shape index (κ2) is 8.55. The average Bonchev–Trinajstić information content (AvgIpc) is 2.66. The molecule has 5 heteroatoms. The Morgan fingerprint density at radius 2 is 1.44 bits per heavy atom. The number of benzene rings is 2. The zero-order valence-electron chi connectivity index (χ0n) is 14.5. The van der Waals surface area contributed by atoms with Crippen LogP contribution in [0, 0.1) is 0 Å². The van der Waals surface area contributed by atoms with Crippen LogP contribution in [0.1, 0.15) is 34.1 Å². The van der Waals surface area contributed by atoms with Crippen LogP contribution in [0.25, 0.3) is 11.1 Å². The van der Waals surface area contributed by atoms with Crippen molar-refractivity contribution in [3.05, 3.63) is 59.7 Å². The van der Waals surface area contributed by atoms with E-state index in [-0.39, 0.29) is 24.8 Å². The third kappa shape index (κ3) is 4.75. The minimum Gasteiger partial charge on any atom is -0.394 e. The van der Waals surface area contributed by atoms with E-state index >= 15 is 0 Å². The Balaban J connectivity index is 2.11. The molecule has 0 bridgehead atoms. The SMILES string of the molecule is CCC(=O)c1ccc(-c2ccc(C(=O)N(C)CC(O)CO)cc2)cc1. The summed E-state index contributed by atoms with van der Waals surface area (Å²) in [6.45, 7) is 1.53. The third-order valence-electron chi connectivity index (χ3n) is 4.04. The van der Waals surface area contributed by atoms with Gasteiger partial charge in [0.05, 0.1) is 12.7 Å². The van der Waals surface area contributed by atoms with E-state index in [9.17, 15) is 14.7 Å². The fourth-order valence-electron chi connectivity index (χ4n) is 2.54. The topological polar surface area (TPSA) is 77.8 Å². The molecule has 25 heavy (non-hydrogen) atoms. The molecule has 1 amide bonds. The molecule has 0 aromatic heterocycles. The lowest BCUT2D eigenvalue weighted by Gasteiger charge is -2.19. The summed E-state index contributed by atoms with van der Waals surface area (Å²) in [5.41, 5.74) is 3.12. The molecule has 5 nitrogen and oxygen atoms in total. The minimum atomic E-state index is -0.947. The largest absolute Gasteiger partial charge is 0.394 e. The van der Waals surface area contributed by atoms with Crippen LogP contribution in [-0.4, -0.2) is 53.1 Å². The van der Waals surface area contributed by atoms with Gasteiger partial charge in [0.25, 0.3) is 5.91 Å². The third-order valence-corrected chi connectivity index (χ3v) is 4.04. The molecule has 0 aliphatic heterocycles. The average molecular weight is 341 g/mol. The molecule has 0 saturated carbocycles. The highest BCUT2D eigenvalue weighted by Crippen LogP contribution is 2.21. The number of Topliss-reactive ketones (excluding diaryl/α,β-unsaturated/α-hetero) is 1. The normalized spacial score (nSPS) is 11.8. The highest BCUT2D eigenvalue weighted by Gasteiger charge is 2.15. The fraction of sp³-hybridized carbons (Fsp3) is 0.300. The van der Waals surface area contributed by atoms with Crippen LogP contribution in [0.15, 0.2) is 48.5 Å². The number of hydrogen-bond acceptors (Lipinski definition) is 4. The van der Waals surface area contributed by atoms with Crippen LogP contribution in [0.2, 0.25) is 0 Å². The summed E-state index contributed by atoms with van der Waals surface area (Å²) in [7, 11) is 1.58. The molecule has 0 fully saturated rings.